The molecule has 1 aromatic heterocycles. The van der Waals surface area contributed by atoms with Crippen molar-refractivity contribution in [1.82, 2.24) is 9.80 Å². The number of para-hydroxylation sites is 1. The molecule has 4 rings (SSSR count). The number of hydrogen-bond donors (Lipinski definition) is 0. The van der Waals surface area contributed by atoms with E-state index in [0.29, 0.717) is 29.1 Å². The summed E-state index contributed by atoms with van der Waals surface area (Å²) in [5.41, 5.74) is 0.630. The molecule has 2 aliphatic rings. The van der Waals surface area contributed by atoms with Gasteiger partial charge in [-0.3, -0.25) is 9.69 Å². The predicted molar refractivity (Wildman–Crippen MR) is 94.0 cm³/mol. The second kappa shape index (κ2) is 6.69. The van der Waals surface area contributed by atoms with Crippen molar-refractivity contribution in [2.75, 3.05) is 46.5 Å². The SMILES string of the molecule is COc1cccc2cc(C(=O)N3C[C@@H](C)[C@H](N4CCOCC4)C3)oc12. The molecule has 2 fully saturated rings. The third-order valence-corrected chi connectivity index (χ3v) is 5.31. The van der Waals surface area contributed by atoms with Crippen molar-refractivity contribution in [3.05, 3.63) is 30.0 Å². The lowest BCUT2D eigenvalue weighted by molar-refractivity contribution is 0.0119. The molecule has 2 aliphatic heterocycles. The van der Waals surface area contributed by atoms with Crippen LogP contribution in [0.25, 0.3) is 11.0 Å². The molecule has 1 amide bonds. The Hall–Kier alpha value is -2.05. The Balaban J connectivity index is 1.53. The highest BCUT2D eigenvalue weighted by Crippen LogP contribution is 2.30. The monoisotopic (exact) mass is 344 g/mol. The van der Waals surface area contributed by atoms with Gasteiger partial charge in [-0.05, 0) is 18.1 Å². The van der Waals surface area contributed by atoms with Crippen LogP contribution in [-0.4, -0.2) is 68.3 Å². The van der Waals surface area contributed by atoms with Crippen LogP contribution in [0.3, 0.4) is 0 Å². The minimum atomic E-state index is -0.0409. The van der Waals surface area contributed by atoms with Crippen molar-refractivity contribution < 1.29 is 18.7 Å². The first-order chi connectivity index (χ1) is 12.2. The normalized spacial score (nSPS) is 24.8. The summed E-state index contributed by atoms with van der Waals surface area (Å²) in [7, 11) is 1.61. The van der Waals surface area contributed by atoms with Crippen LogP contribution in [-0.2, 0) is 4.74 Å². The van der Waals surface area contributed by atoms with Crippen LogP contribution >= 0.6 is 0 Å². The van der Waals surface area contributed by atoms with Crippen LogP contribution in [0.1, 0.15) is 17.5 Å². The van der Waals surface area contributed by atoms with Crippen LogP contribution in [0, 0.1) is 5.92 Å². The number of rotatable bonds is 3. The molecule has 0 spiro atoms. The number of likely N-dealkylation sites (tertiary alicyclic amines) is 1. The Morgan fingerprint density at radius 3 is 2.80 bits per heavy atom. The Labute approximate surface area is 147 Å². The maximum Gasteiger partial charge on any atom is 0.289 e. The number of benzene rings is 1. The highest BCUT2D eigenvalue weighted by molar-refractivity contribution is 5.97. The molecule has 0 N–H and O–H groups in total. The molecular formula is C19H24N2O4. The molecule has 6 heteroatoms. The number of methoxy groups -OCH3 is 1. The van der Waals surface area contributed by atoms with E-state index in [-0.39, 0.29) is 5.91 Å². The summed E-state index contributed by atoms with van der Waals surface area (Å²) in [4.78, 5) is 17.3. The van der Waals surface area contributed by atoms with E-state index in [1.807, 2.05) is 29.2 Å². The second-order valence-electron chi connectivity index (χ2n) is 6.89. The Morgan fingerprint density at radius 2 is 2.04 bits per heavy atom. The summed E-state index contributed by atoms with van der Waals surface area (Å²) in [5.74, 6) is 1.44. The minimum absolute atomic E-state index is 0.0409. The first kappa shape index (κ1) is 16.4. The molecule has 0 unspecified atom stereocenters. The number of furan rings is 1. The van der Waals surface area contributed by atoms with Gasteiger partial charge in [-0.2, -0.15) is 0 Å². The van der Waals surface area contributed by atoms with Gasteiger partial charge in [-0.25, -0.2) is 0 Å². The zero-order chi connectivity index (χ0) is 17.4. The molecule has 2 aromatic rings. The third-order valence-electron chi connectivity index (χ3n) is 5.31. The van der Waals surface area contributed by atoms with Crippen LogP contribution in [0.4, 0.5) is 0 Å². The molecule has 134 valence electrons. The second-order valence-corrected chi connectivity index (χ2v) is 6.89. The smallest absolute Gasteiger partial charge is 0.289 e. The average molecular weight is 344 g/mol. The fraction of sp³-hybridized carbons (Fsp3) is 0.526. The highest BCUT2D eigenvalue weighted by atomic mass is 16.5. The van der Waals surface area contributed by atoms with Gasteiger partial charge in [0.25, 0.3) is 5.91 Å². The summed E-state index contributed by atoms with van der Waals surface area (Å²) < 4.78 is 16.6. The standard InChI is InChI=1S/C19H24N2O4/c1-13-11-21(12-15(13)20-6-8-24-9-7-20)19(22)17-10-14-4-3-5-16(23-2)18(14)25-17/h3-5,10,13,15H,6-9,11-12H2,1-2H3/t13-,15-/m1/s1. The maximum atomic E-state index is 12.9. The number of carbonyl (C=O) groups is 1. The van der Waals surface area contributed by atoms with E-state index in [4.69, 9.17) is 13.9 Å². The summed E-state index contributed by atoms with van der Waals surface area (Å²) in [6.07, 6.45) is 0. The predicted octanol–water partition coefficient (Wildman–Crippen LogP) is 2.23. The Morgan fingerprint density at radius 1 is 1.24 bits per heavy atom. The van der Waals surface area contributed by atoms with E-state index >= 15 is 0 Å². The Bertz CT molecular complexity index is 766. The van der Waals surface area contributed by atoms with Crippen molar-refractivity contribution >= 4 is 16.9 Å². The van der Waals surface area contributed by atoms with E-state index in [9.17, 15) is 4.79 Å². The van der Waals surface area contributed by atoms with E-state index in [0.717, 1.165) is 44.8 Å². The van der Waals surface area contributed by atoms with E-state index in [1.54, 1.807) is 7.11 Å². The van der Waals surface area contributed by atoms with Crippen LogP contribution < -0.4 is 4.74 Å². The number of fused-ring (bicyclic) bond motifs is 1. The maximum absolute atomic E-state index is 12.9. The topological polar surface area (TPSA) is 55.2 Å². The van der Waals surface area contributed by atoms with Gasteiger partial charge in [0.1, 0.15) is 0 Å². The van der Waals surface area contributed by atoms with E-state index in [2.05, 4.69) is 11.8 Å². The molecule has 0 aliphatic carbocycles. The summed E-state index contributed by atoms with van der Waals surface area (Å²) in [6.45, 7) is 7.16. The van der Waals surface area contributed by atoms with Gasteiger partial charge in [0.05, 0.1) is 20.3 Å². The molecule has 0 radical (unpaired) electrons. The number of nitrogens with zero attached hydrogens (tertiary/aromatic N) is 2. The molecule has 6 nitrogen and oxygen atoms in total. The van der Waals surface area contributed by atoms with Crippen molar-refractivity contribution in [3.63, 3.8) is 0 Å². The quantitative estimate of drug-likeness (QED) is 0.855. The first-order valence-electron chi connectivity index (χ1n) is 8.85. The lowest BCUT2D eigenvalue weighted by atomic mass is 10.0. The van der Waals surface area contributed by atoms with E-state index < -0.39 is 0 Å². The van der Waals surface area contributed by atoms with Gasteiger partial charge in [0.2, 0.25) is 0 Å². The molecular weight excluding hydrogens is 320 g/mol. The summed E-state index contributed by atoms with van der Waals surface area (Å²) in [6, 6.07) is 7.88. The van der Waals surface area contributed by atoms with Crippen LogP contribution in [0.2, 0.25) is 0 Å². The Kier molecular flexibility index (Phi) is 4.39. The van der Waals surface area contributed by atoms with Crippen molar-refractivity contribution in [2.45, 2.75) is 13.0 Å². The lowest BCUT2D eigenvalue weighted by Gasteiger charge is -2.33. The van der Waals surface area contributed by atoms with Gasteiger partial charge in [0, 0.05) is 37.6 Å². The molecule has 3 heterocycles. The van der Waals surface area contributed by atoms with Gasteiger partial charge in [-0.1, -0.05) is 19.1 Å². The minimum Gasteiger partial charge on any atom is -0.493 e. The molecule has 2 saturated heterocycles. The average Bonchev–Trinajstić information content (AvgIpc) is 3.25. The fourth-order valence-electron chi connectivity index (χ4n) is 3.96. The zero-order valence-corrected chi connectivity index (χ0v) is 14.7. The highest BCUT2D eigenvalue weighted by Gasteiger charge is 2.37. The number of morpholine rings is 1. The van der Waals surface area contributed by atoms with Crippen molar-refractivity contribution in [2.24, 2.45) is 5.92 Å². The summed E-state index contributed by atoms with van der Waals surface area (Å²) >= 11 is 0. The third kappa shape index (κ3) is 3.00. The van der Waals surface area contributed by atoms with Crippen molar-refractivity contribution in [1.29, 1.82) is 0 Å². The molecule has 2 atom stereocenters. The number of hydrogen-bond acceptors (Lipinski definition) is 5. The van der Waals surface area contributed by atoms with Gasteiger partial charge >= 0.3 is 0 Å². The molecule has 0 saturated carbocycles. The number of amides is 1. The van der Waals surface area contributed by atoms with Gasteiger partial charge in [0.15, 0.2) is 17.1 Å². The largest absolute Gasteiger partial charge is 0.493 e. The van der Waals surface area contributed by atoms with E-state index in [1.165, 1.54) is 0 Å². The molecule has 25 heavy (non-hydrogen) atoms. The van der Waals surface area contributed by atoms with Crippen LogP contribution in [0.5, 0.6) is 5.75 Å². The zero-order valence-electron chi connectivity index (χ0n) is 14.7. The first-order valence-corrected chi connectivity index (χ1v) is 8.85. The molecule has 1 aromatic carbocycles. The number of ether oxygens (including phenoxy) is 2. The lowest BCUT2D eigenvalue weighted by Crippen LogP contribution is -2.47. The number of carbonyl (C=O) groups excluding carboxylic acids is 1. The van der Waals surface area contributed by atoms with Gasteiger partial charge in [-0.15, -0.1) is 0 Å². The van der Waals surface area contributed by atoms with Crippen LogP contribution in [0.15, 0.2) is 28.7 Å². The fourth-order valence-corrected chi connectivity index (χ4v) is 3.96. The summed E-state index contributed by atoms with van der Waals surface area (Å²) in [5, 5.41) is 0.889. The molecule has 0 bridgehead atoms. The van der Waals surface area contributed by atoms with Gasteiger partial charge < -0.3 is 18.8 Å². The van der Waals surface area contributed by atoms with Crippen molar-refractivity contribution in [3.8, 4) is 5.75 Å².